The topological polar surface area (TPSA) is 83.7 Å². The number of sulfonamides is 1. The van der Waals surface area contributed by atoms with Gasteiger partial charge in [-0.15, -0.1) is 0 Å². The zero-order valence-corrected chi connectivity index (χ0v) is 22.1. The molecule has 2 atom stereocenters. The Kier molecular flexibility index (Phi) is 7.81. The summed E-state index contributed by atoms with van der Waals surface area (Å²) >= 11 is 0. The minimum absolute atomic E-state index is 0.0940. The molecular formula is C27H37N3O4S. The Morgan fingerprint density at radius 3 is 2.69 bits per heavy atom. The van der Waals surface area contributed by atoms with Gasteiger partial charge in [-0.05, 0) is 76.5 Å². The van der Waals surface area contributed by atoms with Gasteiger partial charge in [0.05, 0.1) is 5.92 Å². The molecule has 2 aromatic rings. The third kappa shape index (κ3) is 5.38. The zero-order valence-electron chi connectivity index (χ0n) is 21.3. The number of likely N-dealkylation sites (tertiary alicyclic amines) is 1. The summed E-state index contributed by atoms with van der Waals surface area (Å²) in [4.78, 5) is 15.5. The Hall–Kier alpha value is -2.45. The van der Waals surface area contributed by atoms with Crippen LogP contribution < -0.4 is 0 Å². The monoisotopic (exact) mass is 499 g/mol. The van der Waals surface area contributed by atoms with Gasteiger partial charge in [-0.1, -0.05) is 41.9 Å². The lowest BCUT2D eigenvalue weighted by Crippen LogP contribution is -2.51. The highest BCUT2D eigenvalue weighted by Gasteiger charge is 2.39. The lowest BCUT2D eigenvalue weighted by atomic mass is 9.93. The van der Waals surface area contributed by atoms with E-state index < -0.39 is 10.0 Å². The highest BCUT2D eigenvalue weighted by Crippen LogP contribution is 2.31. The van der Waals surface area contributed by atoms with Crippen molar-refractivity contribution < 1.29 is 17.7 Å². The van der Waals surface area contributed by atoms with Crippen LogP contribution in [0.5, 0.6) is 0 Å². The van der Waals surface area contributed by atoms with Gasteiger partial charge in [0.25, 0.3) is 0 Å². The van der Waals surface area contributed by atoms with Crippen LogP contribution in [-0.4, -0.2) is 54.4 Å². The number of amides is 1. The quantitative estimate of drug-likeness (QED) is 0.561. The molecule has 0 saturated carbocycles. The summed E-state index contributed by atoms with van der Waals surface area (Å²) in [6.45, 7) is 9.18. The second-order valence-corrected chi connectivity index (χ2v) is 11.8. The summed E-state index contributed by atoms with van der Waals surface area (Å²) < 4.78 is 34.4. The molecule has 2 aliphatic rings. The zero-order chi connectivity index (χ0) is 25.2. The van der Waals surface area contributed by atoms with Gasteiger partial charge in [0.15, 0.2) is 10.7 Å². The molecule has 0 bridgehead atoms. The van der Waals surface area contributed by atoms with Gasteiger partial charge in [0, 0.05) is 25.7 Å². The largest absolute Gasteiger partial charge is 0.355 e. The van der Waals surface area contributed by atoms with Gasteiger partial charge in [-0.2, -0.15) is 4.31 Å². The van der Waals surface area contributed by atoms with Crippen LogP contribution in [0.25, 0.3) is 12.2 Å². The van der Waals surface area contributed by atoms with Crippen LogP contribution in [0.4, 0.5) is 0 Å². The molecule has 2 aliphatic heterocycles. The first-order valence-corrected chi connectivity index (χ1v) is 14.2. The van der Waals surface area contributed by atoms with Gasteiger partial charge in [0.1, 0.15) is 5.69 Å². The average molecular weight is 500 g/mol. The van der Waals surface area contributed by atoms with E-state index in [1.165, 1.54) is 4.31 Å². The van der Waals surface area contributed by atoms with Gasteiger partial charge in [-0.25, -0.2) is 8.42 Å². The Morgan fingerprint density at radius 2 is 1.91 bits per heavy atom. The maximum absolute atomic E-state index is 13.8. The molecular weight excluding hydrogens is 462 g/mol. The maximum Gasteiger partial charge on any atom is 0.248 e. The molecule has 0 N–H and O–H groups in total. The minimum atomic E-state index is -3.86. The normalized spacial score (nSPS) is 22.1. The van der Waals surface area contributed by atoms with Crippen LogP contribution in [-0.2, 0) is 14.8 Å². The van der Waals surface area contributed by atoms with E-state index in [2.05, 4.69) is 12.1 Å². The van der Waals surface area contributed by atoms with Crippen molar-refractivity contribution >= 4 is 28.1 Å². The van der Waals surface area contributed by atoms with Crippen LogP contribution in [0.15, 0.2) is 27.6 Å². The minimum Gasteiger partial charge on any atom is -0.355 e. The lowest BCUT2D eigenvalue weighted by Gasteiger charge is -2.40. The van der Waals surface area contributed by atoms with Crippen LogP contribution in [0, 0.1) is 26.7 Å². The van der Waals surface area contributed by atoms with E-state index in [1.807, 2.05) is 43.0 Å². The molecule has 3 heterocycles. The number of carbonyl (C=O) groups is 1. The van der Waals surface area contributed by atoms with E-state index >= 15 is 0 Å². The molecule has 4 rings (SSSR count). The van der Waals surface area contributed by atoms with E-state index in [0.29, 0.717) is 18.7 Å². The van der Waals surface area contributed by atoms with Crippen LogP contribution in [0.2, 0.25) is 0 Å². The van der Waals surface area contributed by atoms with Crippen molar-refractivity contribution in [2.24, 2.45) is 5.92 Å². The molecule has 8 heteroatoms. The molecule has 7 nitrogen and oxygen atoms in total. The number of carbonyl (C=O) groups excluding carboxylic acids is 1. The number of rotatable bonds is 6. The summed E-state index contributed by atoms with van der Waals surface area (Å²) in [6, 6.07) is 6.40. The smallest absolute Gasteiger partial charge is 0.248 e. The first-order chi connectivity index (χ1) is 16.7. The summed E-state index contributed by atoms with van der Waals surface area (Å²) in [5, 5.41) is 3.97. The molecule has 190 valence electrons. The van der Waals surface area contributed by atoms with E-state index in [-0.39, 0.29) is 35.1 Å². The molecule has 2 unspecified atom stereocenters. The fourth-order valence-corrected chi connectivity index (χ4v) is 7.12. The molecule has 1 aromatic carbocycles. The van der Waals surface area contributed by atoms with E-state index in [4.69, 9.17) is 4.52 Å². The third-order valence-corrected chi connectivity index (χ3v) is 9.42. The molecule has 1 aromatic heterocycles. The number of hydrogen-bond donors (Lipinski definition) is 0. The molecule has 1 amide bonds. The van der Waals surface area contributed by atoms with Crippen LogP contribution in [0.3, 0.4) is 0 Å². The number of piperidine rings is 2. The fraction of sp³-hybridized carbons (Fsp3) is 0.556. The van der Waals surface area contributed by atoms with Crippen LogP contribution >= 0.6 is 0 Å². The van der Waals surface area contributed by atoms with Gasteiger partial charge >= 0.3 is 0 Å². The average Bonchev–Trinajstić information content (AvgIpc) is 3.25. The molecule has 2 fully saturated rings. The Balaban J connectivity index is 1.57. The SMILES string of the molecule is CCC1CCCCN1C(=O)C1CCCN(S(=O)(=O)c2c(C)noc2/C=C/c2cc(C)ccc2C)C1. The van der Waals surface area contributed by atoms with E-state index in [1.54, 1.807) is 13.0 Å². The predicted octanol–water partition coefficient (Wildman–Crippen LogP) is 4.96. The van der Waals surface area contributed by atoms with Crippen molar-refractivity contribution in [3.05, 3.63) is 46.3 Å². The molecule has 35 heavy (non-hydrogen) atoms. The number of benzene rings is 1. The third-order valence-electron chi connectivity index (χ3n) is 7.40. The fourth-order valence-electron chi connectivity index (χ4n) is 5.34. The molecule has 0 spiro atoms. The highest BCUT2D eigenvalue weighted by atomic mass is 32.2. The van der Waals surface area contributed by atoms with Gasteiger partial charge in [-0.3, -0.25) is 4.79 Å². The number of aromatic nitrogens is 1. The molecule has 0 aliphatic carbocycles. The second kappa shape index (κ2) is 10.7. The maximum atomic E-state index is 13.8. The summed E-state index contributed by atoms with van der Waals surface area (Å²) in [6.07, 6.45) is 9.08. The Labute approximate surface area is 209 Å². The van der Waals surface area contributed by atoms with Crippen LogP contribution in [0.1, 0.15) is 73.6 Å². The lowest BCUT2D eigenvalue weighted by molar-refractivity contribution is -0.140. The first-order valence-electron chi connectivity index (χ1n) is 12.7. The first kappa shape index (κ1) is 25.6. The van der Waals surface area contributed by atoms with E-state index in [0.717, 1.165) is 55.3 Å². The van der Waals surface area contributed by atoms with Gasteiger partial charge in [0.2, 0.25) is 15.9 Å². The number of nitrogens with zero attached hydrogens (tertiary/aromatic N) is 3. The van der Waals surface area contributed by atoms with Crippen molar-refractivity contribution in [2.45, 2.75) is 77.2 Å². The van der Waals surface area contributed by atoms with E-state index in [9.17, 15) is 13.2 Å². The summed E-state index contributed by atoms with van der Waals surface area (Å²) in [5.41, 5.74) is 3.55. The van der Waals surface area contributed by atoms with Crippen molar-refractivity contribution in [2.75, 3.05) is 19.6 Å². The van der Waals surface area contributed by atoms with Crippen molar-refractivity contribution in [3.8, 4) is 0 Å². The predicted molar refractivity (Wildman–Crippen MR) is 137 cm³/mol. The second-order valence-electron chi connectivity index (χ2n) is 9.95. The Morgan fingerprint density at radius 1 is 1.11 bits per heavy atom. The molecule has 2 saturated heterocycles. The Bertz CT molecular complexity index is 1200. The number of aryl methyl sites for hydroxylation is 3. The number of hydrogen-bond acceptors (Lipinski definition) is 5. The summed E-state index contributed by atoms with van der Waals surface area (Å²) in [5.74, 6) is 0.0206. The molecule has 0 radical (unpaired) electrons. The van der Waals surface area contributed by atoms with Crippen molar-refractivity contribution in [1.82, 2.24) is 14.4 Å². The highest BCUT2D eigenvalue weighted by molar-refractivity contribution is 7.89. The van der Waals surface area contributed by atoms with Crippen molar-refractivity contribution in [3.63, 3.8) is 0 Å². The standard InChI is InChI=1S/C27H37N3O4S/c1-5-24-10-6-7-16-30(24)27(31)23-9-8-15-29(18-23)35(32,33)26-21(4)28-34-25(26)14-13-22-17-19(2)11-12-20(22)3/h11-14,17,23-24H,5-10,15-16,18H2,1-4H3/b14-13+. The van der Waals surface area contributed by atoms with Crippen molar-refractivity contribution in [1.29, 1.82) is 0 Å². The summed E-state index contributed by atoms with van der Waals surface area (Å²) in [7, 11) is -3.86. The van der Waals surface area contributed by atoms with Gasteiger partial charge < -0.3 is 9.42 Å².